The smallest absolute Gasteiger partial charge is 0.137 e. The van der Waals surface area contributed by atoms with E-state index in [-0.39, 0.29) is 6.10 Å². The summed E-state index contributed by atoms with van der Waals surface area (Å²) in [5.41, 5.74) is 0.528. The summed E-state index contributed by atoms with van der Waals surface area (Å²) in [4.78, 5) is 0. The van der Waals surface area contributed by atoms with Gasteiger partial charge in [-0.1, -0.05) is 16.8 Å². The molecule has 1 atom stereocenters. The molecule has 0 aliphatic carbocycles. The number of ether oxygens (including phenoxy) is 1. The predicted octanol–water partition coefficient (Wildman–Crippen LogP) is 2.96. The van der Waals surface area contributed by atoms with Crippen LogP contribution < -0.4 is 4.74 Å². The fourth-order valence-corrected chi connectivity index (χ4v) is 1.01. The first-order valence-corrected chi connectivity index (χ1v) is 4.62. The second-order valence-electron chi connectivity index (χ2n) is 2.96. The molecule has 1 rings (SSSR count). The monoisotopic (exact) mass is 213 g/mol. The van der Waals surface area contributed by atoms with Crippen LogP contribution in [0.15, 0.2) is 29.4 Å². The summed E-state index contributed by atoms with van der Waals surface area (Å²) in [7, 11) is 0. The molecular formula is C10H12ClNO2. The van der Waals surface area contributed by atoms with Crippen LogP contribution in [0.25, 0.3) is 0 Å². The molecule has 1 aromatic rings. The first kappa shape index (κ1) is 10.9. The Morgan fingerprint density at radius 1 is 1.43 bits per heavy atom. The summed E-state index contributed by atoms with van der Waals surface area (Å²) in [5, 5.41) is 12.2. The van der Waals surface area contributed by atoms with E-state index in [0.717, 1.165) is 0 Å². The standard InChI is InChI=1S/C10H12ClNO2/c1-7(12-13)8(2)14-10-5-3-9(11)4-6-10/h3-6,8,13H,1-2H3/b12-7-/t8-/m1/s1. The molecule has 0 bridgehead atoms. The van der Waals surface area contributed by atoms with Gasteiger partial charge < -0.3 is 9.94 Å². The molecule has 1 N–H and O–H groups in total. The number of oxime groups is 1. The maximum Gasteiger partial charge on any atom is 0.137 e. The van der Waals surface area contributed by atoms with Crippen LogP contribution in [0.5, 0.6) is 5.75 Å². The van der Waals surface area contributed by atoms with E-state index in [1.54, 1.807) is 31.2 Å². The molecule has 3 nitrogen and oxygen atoms in total. The van der Waals surface area contributed by atoms with Crippen LogP contribution >= 0.6 is 11.6 Å². The van der Waals surface area contributed by atoms with Crippen molar-refractivity contribution in [2.75, 3.05) is 0 Å². The zero-order valence-electron chi connectivity index (χ0n) is 8.07. The lowest BCUT2D eigenvalue weighted by atomic mass is 10.2. The molecule has 0 radical (unpaired) electrons. The first-order valence-electron chi connectivity index (χ1n) is 4.24. The maximum absolute atomic E-state index is 8.51. The average Bonchev–Trinajstić information content (AvgIpc) is 2.20. The Morgan fingerprint density at radius 3 is 2.50 bits per heavy atom. The third-order valence-electron chi connectivity index (χ3n) is 1.87. The molecule has 76 valence electrons. The van der Waals surface area contributed by atoms with E-state index in [4.69, 9.17) is 21.5 Å². The Morgan fingerprint density at radius 2 is 2.00 bits per heavy atom. The summed E-state index contributed by atoms with van der Waals surface area (Å²) >= 11 is 5.72. The molecule has 14 heavy (non-hydrogen) atoms. The highest BCUT2D eigenvalue weighted by Crippen LogP contribution is 2.16. The van der Waals surface area contributed by atoms with Gasteiger partial charge in [0.05, 0.1) is 5.71 Å². The average molecular weight is 214 g/mol. The summed E-state index contributed by atoms with van der Waals surface area (Å²) in [6.45, 7) is 3.50. The van der Waals surface area contributed by atoms with Crippen molar-refractivity contribution in [3.8, 4) is 5.75 Å². The number of hydrogen-bond acceptors (Lipinski definition) is 3. The van der Waals surface area contributed by atoms with E-state index in [0.29, 0.717) is 16.5 Å². The van der Waals surface area contributed by atoms with Crippen molar-refractivity contribution < 1.29 is 9.94 Å². The summed E-state index contributed by atoms with van der Waals surface area (Å²) in [5.74, 6) is 0.699. The molecule has 0 amide bonds. The number of benzene rings is 1. The molecule has 0 saturated carbocycles. The molecular weight excluding hydrogens is 202 g/mol. The molecule has 0 unspecified atom stereocenters. The third kappa shape index (κ3) is 2.92. The topological polar surface area (TPSA) is 41.8 Å². The Labute approximate surface area is 88.0 Å². The van der Waals surface area contributed by atoms with Crippen molar-refractivity contribution in [2.24, 2.45) is 5.16 Å². The quantitative estimate of drug-likeness (QED) is 0.477. The van der Waals surface area contributed by atoms with Crippen LogP contribution in [-0.4, -0.2) is 17.0 Å². The highest BCUT2D eigenvalue weighted by Gasteiger charge is 2.07. The fourth-order valence-electron chi connectivity index (χ4n) is 0.884. The van der Waals surface area contributed by atoms with Crippen molar-refractivity contribution >= 4 is 17.3 Å². The van der Waals surface area contributed by atoms with Gasteiger partial charge in [-0.2, -0.15) is 0 Å². The molecule has 0 fully saturated rings. The number of rotatable bonds is 3. The van der Waals surface area contributed by atoms with E-state index in [2.05, 4.69) is 5.16 Å². The van der Waals surface area contributed by atoms with Gasteiger partial charge in [-0.15, -0.1) is 0 Å². The first-order chi connectivity index (χ1) is 6.63. The predicted molar refractivity (Wildman–Crippen MR) is 56.4 cm³/mol. The van der Waals surface area contributed by atoms with Gasteiger partial charge in [0.25, 0.3) is 0 Å². The van der Waals surface area contributed by atoms with Gasteiger partial charge in [0.15, 0.2) is 0 Å². The zero-order valence-corrected chi connectivity index (χ0v) is 8.82. The lowest BCUT2D eigenvalue weighted by Crippen LogP contribution is -2.21. The second kappa shape index (κ2) is 4.86. The second-order valence-corrected chi connectivity index (χ2v) is 3.39. The van der Waals surface area contributed by atoms with E-state index >= 15 is 0 Å². The van der Waals surface area contributed by atoms with Crippen molar-refractivity contribution in [1.29, 1.82) is 0 Å². The van der Waals surface area contributed by atoms with Crippen molar-refractivity contribution in [3.63, 3.8) is 0 Å². The van der Waals surface area contributed by atoms with Crippen LogP contribution in [0, 0.1) is 0 Å². The Bertz CT molecular complexity index is 321. The summed E-state index contributed by atoms with van der Waals surface area (Å²) in [6, 6.07) is 7.02. The van der Waals surface area contributed by atoms with E-state index in [9.17, 15) is 0 Å². The van der Waals surface area contributed by atoms with Crippen LogP contribution in [0.3, 0.4) is 0 Å². The zero-order chi connectivity index (χ0) is 10.6. The van der Waals surface area contributed by atoms with Crippen molar-refractivity contribution in [2.45, 2.75) is 20.0 Å². The van der Waals surface area contributed by atoms with Gasteiger partial charge in [-0.05, 0) is 38.1 Å². The van der Waals surface area contributed by atoms with Crippen LogP contribution in [-0.2, 0) is 0 Å². The highest BCUT2D eigenvalue weighted by atomic mass is 35.5. The normalized spacial score (nSPS) is 13.8. The lowest BCUT2D eigenvalue weighted by molar-refractivity contribution is 0.266. The SMILES string of the molecule is C/C(=N/O)[C@@H](C)Oc1ccc(Cl)cc1. The van der Waals surface area contributed by atoms with Crippen LogP contribution in [0.1, 0.15) is 13.8 Å². The van der Waals surface area contributed by atoms with Crippen molar-refractivity contribution in [3.05, 3.63) is 29.3 Å². The lowest BCUT2D eigenvalue weighted by Gasteiger charge is -2.12. The van der Waals surface area contributed by atoms with Gasteiger partial charge in [0, 0.05) is 5.02 Å². The van der Waals surface area contributed by atoms with Gasteiger partial charge in [-0.25, -0.2) is 0 Å². The molecule has 0 spiro atoms. The Balaban J connectivity index is 2.65. The van der Waals surface area contributed by atoms with Gasteiger partial charge in [0.1, 0.15) is 11.9 Å². The van der Waals surface area contributed by atoms with E-state index < -0.39 is 0 Å². The Kier molecular flexibility index (Phi) is 3.77. The minimum absolute atomic E-state index is 0.249. The highest BCUT2D eigenvalue weighted by molar-refractivity contribution is 6.30. The Hall–Kier alpha value is -1.22. The van der Waals surface area contributed by atoms with Gasteiger partial charge >= 0.3 is 0 Å². The molecule has 0 heterocycles. The molecule has 0 saturated heterocycles. The molecule has 0 aliphatic rings. The number of halogens is 1. The van der Waals surface area contributed by atoms with Crippen LogP contribution in [0.4, 0.5) is 0 Å². The van der Waals surface area contributed by atoms with Gasteiger partial charge in [0.2, 0.25) is 0 Å². The molecule has 1 aromatic carbocycles. The van der Waals surface area contributed by atoms with Gasteiger partial charge in [-0.3, -0.25) is 0 Å². The molecule has 0 aromatic heterocycles. The number of hydrogen-bond donors (Lipinski definition) is 1. The van der Waals surface area contributed by atoms with Crippen molar-refractivity contribution in [1.82, 2.24) is 0 Å². The van der Waals surface area contributed by atoms with E-state index in [1.165, 1.54) is 0 Å². The minimum atomic E-state index is -0.249. The van der Waals surface area contributed by atoms with Crippen LogP contribution in [0.2, 0.25) is 5.02 Å². The molecule has 4 heteroatoms. The number of nitrogens with zero attached hydrogens (tertiary/aromatic N) is 1. The van der Waals surface area contributed by atoms with E-state index in [1.807, 2.05) is 6.92 Å². The summed E-state index contributed by atoms with van der Waals surface area (Å²) < 4.78 is 5.47. The third-order valence-corrected chi connectivity index (χ3v) is 2.12. The summed E-state index contributed by atoms with van der Waals surface area (Å²) in [6.07, 6.45) is -0.249. The largest absolute Gasteiger partial charge is 0.485 e. The fraction of sp³-hybridized carbons (Fsp3) is 0.300. The molecule has 0 aliphatic heterocycles. The maximum atomic E-state index is 8.51. The minimum Gasteiger partial charge on any atom is -0.485 e.